The maximum Gasteiger partial charge on any atom is 0.261 e. The number of carbonyl (C=O) groups excluding carboxylic acids is 2. The Morgan fingerprint density at radius 2 is 1.39 bits per heavy atom. The van der Waals surface area contributed by atoms with Gasteiger partial charge in [-0.15, -0.1) is 0 Å². The molecule has 5 aromatic carbocycles. The Hall–Kier alpha value is -4.96. The molecule has 2 heterocycles. The largest absolute Gasteiger partial charge is 0.392 e. The first-order valence-electron chi connectivity index (χ1n) is 17.4. The van der Waals surface area contributed by atoms with Gasteiger partial charge in [-0.3, -0.25) is 19.4 Å². The number of ether oxygens (including phenoxy) is 2. The van der Waals surface area contributed by atoms with E-state index in [4.69, 9.17) is 9.47 Å². The number of aliphatic hydroxyl groups is 2. The van der Waals surface area contributed by atoms with Gasteiger partial charge in [0, 0.05) is 24.6 Å². The van der Waals surface area contributed by atoms with Gasteiger partial charge in [0.2, 0.25) is 0 Å². The van der Waals surface area contributed by atoms with Gasteiger partial charge in [0.25, 0.3) is 11.8 Å². The van der Waals surface area contributed by atoms with Crippen LogP contribution in [0.15, 0.2) is 127 Å². The van der Waals surface area contributed by atoms with E-state index in [9.17, 15) is 19.8 Å². The number of amides is 2. The van der Waals surface area contributed by atoms with Gasteiger partial charge in [-0.05, 0) is 65.6 Å². The fourth-order valence-electron chi connectivity index (χ4n) is 6.94. The molecule has 260 valence electrons. The highest BCUT2D eigenvalue weighted by atomic mass is 16.7. The lowest BCUT2D eigenvalue weighted by Crippen LogP contribution is -2.43. The van der Waals surface area contributed by atoms with Crippen LogP contribution in [0.25, 0.3) is 11.1 Å². The number of likely N-dealkylation sites (N-methyl/N-ethyl adjacent to an activating group) is 1. The summed E-state index contributed by atoms with van der Waals surface area (Å²) in [7, 11) is 2.01. The number of carbonyl (C=O) groups is 2. The monoisotopic (exact) mass is 682 g/mol. The fourth-order valence-corrected chi connectivity index (χ4v) is 6.94. The average Bonchev–Trinajstić information content (AvgIpc) is 3.42. The lowest BCUT2D eigenvalue weighted by molar-refractivity contribution is -0.253. The predicted molar refractivity (Wildman–Crippen MR) is 194 cm³/mol. The number of aliphatic hydroxyl groups excluding tert-OH is 2. The normalized spacial score (nSPS) is 20.0. The van der Waals surface area contributed by atoms with E-state index in [1.54, 1.807) is 24.3 Å². The molecule has 0 aromatic heterocycles. The topological polar surface area (TPSA) is 99.5 Å². The van der Waals surface area contributed by atoms with Crippen LogP contribution in [0.2, 0.25) is 0 Å². The zero-order valence-electron chi connectivity index (χ0n) is 28.8. The molecule has 7 rings (SSSR count). The second-order valence-corrected chi connectivity index (χ2v) is 13.5. The molecule has 2 aliphatic heterocycles. The Balaban J connectivity index is 1.08. The second kappa shape index (κ2) is 15.1. The van der Waals surface area contributed by atoms with Gasteiger partial charge in [-0.25, -0.2) is 0 Å². The number of hydrogen-bond acceptors (Lipinski definition) is 7. The van der Waals surface area contributed by atoms with Crippen LogP contribution < -0.4 is 0 Å². The van der Waals surface area contributed by atoms with Crippen LogP contribution >= 0.6 is 0 Å². The Morgan fingerprint density at radius 1 is 0.745 bits per heavy atom. The SMILES string of the molecule is C[C@H]([C@@H](O)c1ccccc1)N(C)C[C@@H]1C[C@H](c2ccc(CO)cc2)O[C@H](c2ccc(-c3cccc(CN4C(=O)c5ccccc5C4=O)c3)cc2)O1. The van der Waals surface area contributed by atoms with E-state index < -0.39 is 12.4 Å². The van der Waals surface area contributed by atoms with Gasteiger partial charge < -0.3 is 19.7 Å². The number of imide groups is 1. The molecule has 5 atom stereocenters. The Bertz CT molecular complexity index is 1950. The van der Waals surface area contributed by atoms with Crippen molar-refractivity contribution in [3.63, 3.8) is 0 Å². The van der Waals surface area contributed by atoms with Crippen molar-refractivity contribution in [3.05, 3.63) is 166 Å². The molecule has 2 N–H and O–H groups in total. The molecule has 1 saturated heterocycles. The number of nitrogens with zero attached hydrogens (tertiary/aromatic N) is 2. The average molecular weight is 683 g/mol. The molecule has 2 amide bonds. The summed E-state index contributed by atoms with van der Waals surface area (Å²) in [4.78, 5) is 29.4. The van der Waals surface area contributed by atoms with E-state index in [2.05, 4.69) is 4.90 Å². The van der Waals surface area contributed by atoms with Crippen LogP contribution in [0.1, 0.15) is 80.4 Å². The maximum absolute atomic E-state index is 13.0. The lowest BCUT2D eigenvalue weighted by Gasteiger charge is -2.39. The fraction of sp³-hybridized carbons (Fsp3) is 0.256. The summed E-state index contributed by atoms with van der Waals surface area (Å²) in [6, 6.07) is 40.3. The molecule has 2 aliphatic rings. The quantitative estimate of drug-likeness (QED) is 0.142. The van der Waals surface area contributed by atoms with Crippen LogP contribution in [0.4, 0.5) is 0 Å². The van der Waals surface area contributed by atoms with Gasteiger partial charge in [-0.2, -0.15) is 0 Å². The molecule has 0 unspecified atom stereocenters. The minimum Gasteiger partial charge on any atom is -0.392 e. The van der Waals surface area contributed by atoms with Crippen LogP contribution in [0.5, 0.6) is 0 Å². The van der Waals surface area contributed by atoms with Crippen molar-refractivity contribution >= 4 is 11.8 Å². The molecule has 51 heavy (non-hydrogen) atoms. The molecule has 1 fully saturated rings. The molecule has 0 bridgehead atoms. The third kappa shape index (κ3) is 7.42. The standard InChI is InChI=1S/C43H42N2O6/c1-28(40(47)33-10-4-3-5-11-33)44(2)26-36-24-39(32-17-15-29(27-46)16-18-32)51-43(50-36)34-21-19-31(20-22-34)35-12-8-9-30(23-35)25-45-41(48)37-13-6-7-14-38(37)42(45)49/h3-23,28,36,39-40,43,46-47H,24-27H2,1-2H3/t28-,36+,39-,40-,43-/m1/s1. The molecule has 0 spiro atoms. The number of rotatable bonds is 11. The number of fused-ring (bicyclic) bond motifs is 1. The van der Waals surface area contributed by atoms with Gasteiger partial charge >= 0.3 is 0 Å². The summed E-state index contributed by atoms with van der Waals surface area (Å²) in [5, 5.41) is 20.7. The third-order valence-electron chi connectivity index (χ3n) is 10.1. The molecule has 0 radical (unpaired) electrons. The second-order valence-electron chi connectivity index (χ2n) is 13.5. The van der Waals surface area contributed by atoms with Crippen LogP contribution in [-0.2, 0) is 22.6 Å². The van der Waals surface area contributed by atoms with Crippen LogP contribution in [0.3, 0.4) is 0 Å². The zero-order chi connectivity index (χ0) is 35.5. The van der Waals surface area contributed by atoms with Gasteiger partial charge in [0.15, 0.2) is 6.29 Å². The highest BCUT2D eigenvalue weighted by Crippen LogP contribution is 2.39. The summed E-state index contributed by atoms with van der Waals surface area (Å²) in [6.45, 7) is 2.78. The smallest absolute Gasteiger partial charge is 0.261 e. The predicted octanol–water partition coefficient (Wildman–Crippen LogP) is 7.24. The Morgan fingerprint density at radius 3 is 2.06 bits per heavy atom. The van der Waals surface area contributed by atoms with Crippen molar-refractivity contribution in [2.24, 2.45) is 0 Å². The third-order valence-corrected chi connectivity index (χ3v) is 10.1. The van der Waals surface area contributed by atoms with E-state index in [1.807, 2.05) is 117 Å². The summed E-state index contributed by atoms with van der Waals surface area (Å²) >= 11 is 0. The first-order valence-corrected chi connectivity index (χ1v) is 17.4. The van der Waals surface area contributed by atoms with Gasteiger partial charge in [0.1, 0.15) is 0 Å². The van der Waals surface area contributed by atoms with E-state index in [1.165, 1.54) is 4.90 Å². The van der Waals surface area contributed by atoms with E-state index in [-0.39, 0.29) is 43.2 Å². The summed E-state index contributed by atoms with van der Waals surface area (Å²) in [5.41, 5.74) is 7.30. The van der Waals surface area contributed by atoms with Crippen molar-refractivity contribution in [2.45, 2.75) is 57.1 Å². The van der Waals surface area contributed by atoms with Crippen molar-refractivity contribution in [3.8, 4) is 11.1 Å². The highest BCUT2D eigenvalue weighted by molar-refractivity contribution is 6.21. The highest BCUT2D eigenvalue weighted by Gasteiger charge is 2.36. The molecule has 8 nitrogen and oxygen atoms in total. The maximum atomic E-state index is 13.0. The first-order chi connectivity index (χ1) is 24.8. The number of benzene rings is 5. The lowest BCUT2D eigenvalue weighted by atomic mass is 9.98. The Kier molecular flexibility index (Phi) is 10.2. The van der Waals surface area contributed by atoms with Crippen molar-refractivity contribution in [2.75, 3.05) is 13.6 Å². The summed E-state index contributed by atoms with van der Waals surface area (Å²) in [6.07, 6.45) is -1.05. The first kappa shape index (κ1) is 34.5. The minimum atomic E-state index is -0.646. The van der Waals surface area contributed by atoms with Crippen molar-refractivity contribution in [1.82, 2.24) is 9.80 Å². The molecule has 0 aliphatic carbocycles. The zero-order valence-corrected chi connectivity index (χ0v) is 28.8. The van der Waals surface area contributed by atoms with E-state index in [0.717, 1.165) is 38.9 Å². The summed E-state index contributed by atoms with van der Waals surface area (Å²) in [5.74, 6) is -0.543. The van der Waals surface area contributed by atoms with E-state index >= 15 is 0 Å². The van der Waals surface area contributed by atoms with E-state index in [0.29, 0.717) is 24.1 Å². The van der Waals surface area contributed by atoms with Crippen LogP contribution in [0, 0.1) is 0 Å². The van der Waals surface area contributed by atoms with Gasteiger partial charge in [-0.1, -0.05) is 109 Å². The van der Waals surface area contributed by atoms with Crippen molar-refractivity contribution < 1.29 is 29.3 Å². The summed E-state index contributed by atoms with van der Waals surface area (Å²) < 4.78 is 13.2. The number of hydrogen-bond donors (Lipinski definition) is 2. The molecule has 5 aromatic rings. The van der Waals surface area contributed by atoms with Crippen molar-refractivity contribution in [1.29, 1.82) is 0 Å². The molecule has 8 heteroatoms. The molecular weight excluding hydrogens is 640 g/mol. The minimum absolute atomic E-state index is 0.0232. The van der Waals surface area contributed by atoms with Crippen LogP contribution in [-0.4, -0.2) is 57.6 Å². The molecular formula is C43H42N2O6. The van der Waals surface area contributed by atoms with Gasteiger partial charge in [0.05, 0.1) is 42.6 Å². The molecule has 0 saturated carbocycles. The Labute approximate surface area is 298 Å².